The molecule has 21 heavy (non-hydrogen) atoms. The molecular weight excluding hydrogens is 297 g/mol. The Balaban J connectivity index is 1.77. The van der Waals surface area contributed by atoms with Crippen LogP contribution in [0, 0.1) is 11.8 Å². The molecule has 0 unspecified atom stereocenters. The molecule has 0 bridgehead atoms. The number of hydrogen-bond donors (Lipinski definition) is 0. The molecule has 0 saturated heterocycles. The van der Waals surface area contributed by atoms with E-state index in [0.29, 0.717) is 18.4 Å². The average molecular weight is 312 g/mol. The van der Waals surface area contributed by atoms with Crippen LogP contribution in [0.1, 0.15) is 36.0 Å². The molecular formula is C16H15F3OS. The van der Waals surface area contributed by atoms with Gasteiger partial charge in [0.05, 0.1) is 5.92 Å². The van der Waals surface area contributed by atoms with Crippen molar-refractivity contribution in [3.8, 4) is 0 Å². The van der Waals surface area contributed by atoms with Gasteiger partial charge < -0.3 is 0 Å². The molecule has 1 fully saturated rings. The largest absolute Gasteiger partial charge is 0.391 e. The van der Waals surface area contributed by atoms with Crippen LogP contribution >= 0.6 is 11.3 Å². The summed E-state index contributed by atoms with van der Waals surface area (Å²) in [5.41, 5.74) is 0.665. The first-order valence-electron chi connectivity index (χ1n) is 7.04. The molecule has 0 atom stereocenters. The number of rotatable bonds is 2. The predicted octanol–water partition coefficient (Wildman–Crippen LogP) is 5.45. The van der Waals surface area contributed by atoms with E-state index in [9.17, 15) is 18.0 Å². The van der Waals surface area contributed by atoms with Gasteiger partial charge in [-0.2, -0.15) is 13.2 Å². The Morgan fingerprint density at radius 2 is 1.81 bits per heavy atom. The monoisotopic (exact) mass is 312 g/mol. The predicted molar refractivity (Wildman–Crippen MR) is 77.7 cm³/mol. The van der Waals surface area contributed by atoms with Gasteiger partial charge >= 0.3 is 6.18 Å². The van der Waals surface area contributed by atoms with E-state index in [0.717, 1.165) is 10.1 Å². The molecule has 1 aliphatic carbocycles. The second kappa shape index (κ2) is 5.44. The van der Waals surface area contributed by atoms with Crippen molar-refractivity contribution in [1.29, 1.82) is 0 Å². The third kappa shape index (κ3) is 2.84. The van der Waals surface area contributed by atoms with Crippen LogP contribution in [-0.4, -0.2) is 12.0 Å². The topological polar surface area (TPSA) is 17.1 Å². The van der Waals surface area contributed by atoms with Gasteiger partial charge in [0.2, 0.25) is 0 Å². The van der Waals surface area contributed by atoms with Crippen LogP contribution in [0.2, 0.25) is 0 Å². The lowest BCUT2D eigenvalue weighted by Gasteiger charge is -2.29. The summed E-state index contributed by atoms with van der Waals surface area (Å²) < 4.78 is 39.0. The Kier molecular flexibility index (Phi) is 3.78. The van der Waals surface area contributed by atoms with Gasteiger partial charge in [-0.05, 0) is 48.6 Å². The highest BCUT2D eigenvalue weighted by Gasteiger charge is 2.42. The van der Waals surface area contributed by atoms with Crippen molar-refractivity contribution in [3.63, 3.8) is 0 Å². The minimum absolute atomic E-state index is 0.00340. The van der Waals surface area contributed by atoms with E-state index in [1.165, 1.54) is 11.3 Å². The Labute approximate surface area is 124 Å². The zero-order valence-corrected chi connectivity index (χ0v) is 12.1. The van der Waals surface area contributed by atoms with Crippen molar-refractivity contribution in [2.75, 3.05) is 0 Å². The molecule has 0 spiro atoms. The molecule has 1 nitrogen and oxygen atoms in total. The van der Waals surface area contributed by atoms with Crippen molar-refractivity contribution < 1.29 is 18.0 Å². The lowest BCUT2D eigenvalue weighted by atomic mass is 9.78. The van der Waals surface area contributed by atoms with Crippen LogP contribution < -0.4 is 0 Å². The number of carbonyl (C=O) groups is 1. The van der Waals surface area contributed by atoms with E-state index in [2.05, 4.69) is 0 Å². The first-order chi connectivity index (χ1) is 9.97. The third-order valence-corrected chi connectivity index (χ3v) is 5.27. The number of alkyl halides is 3. The summed E-state index contributed by atoms with van der Waals surface area (Å²) in [6, 6.07) is 7.53. The molecule has 0 N–H and O–H groups in total. The quantitative estimate of drug-likeness (QED) is 0.674. The first-order valence-corrected chi connectivity index (χ1v) is 7.92. The molecule has 2 aromatic rings. The maximum atomic E-state index is 12.7. The van der Waals surface area contributed by atoms with Crippen molar-refractivity contribution in [2.45, 2.75) is 31.9 Å². The molecule has 0 radical (unpaired) electrons. The average Bonchev–Trinajstić information content (AvgIpc) is 2.94. The van der Waals surface area contributed by atoms with Crippen molar-refractivity contribution in [2.24, 2.45) is 11.8 Å². The maximum Gasteiger partial charge on any atom is 0.391 e. The van der Waals surface area contributed by atoms with Gasteiger partial charge in [0, 0.05) is 16.2 Å². The second-order valence-electron chi connectivity index (χ2n) is 5.60. The van der Waals surface area contributed by atoms with Crippen molar-refractivity contribution in [1.82, 2.24) is 0 Å². The van der Waals surface area contributed by atoms with Gasteiger partial charge in [0.1, 0.15) is 0 Å². The van der Waals surface area contributed by atoms with Crippen molar-refractivity contribution in [3.05, 3.63) is 35.2 Å². The zero-order valence-electron chi connectivity index (χ0n) is 11.3. The number of ketones is 1. The van der Waals surface area contributed by atoms with Gasteiger partial charge in [0.15, 0.2) is 5.78 Å². The molecule has 3 rings (SSSR count). The molecule has 1 heterocycles. The number of thiophene rings is 1. The fraction of sp³-hybridized carbons (Fsp3) is 0.438. The lowest BCUT2D eigenvalue weighted by molar-refractivity contribution is -0.183. The molecule has 1 saturated carbocycles. The highest BCUT2D eigenvalue weighted by atomic mass is 32.1. The van der Waals surface area contributed by atoms with E-state index in [-0.39, 0.29) is 24.5 Å². The highest BCUT2D eigenvalue weighted by Crippen LogP contribution is 2.41. The van der Waals surface area contributed by atoms with Gasteiger partial charge in [-0.25, -0.2) is 0 Å². The molecule has 1 aromatic heterocycles. The number of fused-ring (bicyclic) bond motifs is 1. The summed E-state index contributed by atoms with van der Waals surface area (Å²) in [6.07, 6.45) is -3.31. The van der Waals surface area contributed by atoms with Gasteiger partial charge in [-0.15, -0.1) is 11.3 Å². The number of Topliss-reactive ketones (excluding diaryl/α,β-unsaturated/α-hetero) is 1. The molecule has 0 amide bonds. The van der Waals surface area contributed by atoms with Gasteiger partial charge in [-0.3, -0.25) is 4.79 Å². The van der Waals surface area contributed by atoms with E-state index in [1.807, 2.05) is 23.6 Å². The fourth-order valence-corrected chi connectivity index (χ4v) is 4.01. The maximum absolute atomic E-state index is 12.7. The van der Waals surface area contributed by atoms with Crippen LogP contribution in [0.3, 0.4) is 0 Å². The van der Waals surface area contributed by atoms with E-state index in [4.69, 9.17) is 0 Å². The molecule has 0 aliphatic heterocycles. The molecule has 112 valence electrons. The van der Waals surface area contributed by atoms with Crippen LogP contribution in [-0.2, 0) is 0 Å². The minimum Gasteiger partial charge on any atom is -0.294 e. The van der Waals surface area contributed by atoms with E-state index >= 15 is 0 Å². The molecule has 1 aromatic carbocycles. The van der Waals surface area contributed by atoms with Crippen LogP contribution in [0.15, 0.2) is 29.6 Å². The zero-order chi connectivity index (χ0) is 15.0. The number of hydrogen-bond acceptors (Lipinski definition) is 2. The van der Waals surface area contributed by atoms with Gasteiger partial charge in [0.25, 0.3) is 0 Å². The number of benzene rings is 1. The first kappa shape index (κ1) is 14.6. The summed E-state index contributed by atoms with van der Waals surface area (Å²) in [5, 5.41) is 2.96. The number of carbonyl (C=O) groups excluding carboxylic acids is 1. The smallest absolute Gasteiger partial charge is 0.294 e. The Morgan fingerprint density at radius 1 is 1.10 bits per heavy atom. The summed E-state index contributed by atoms with van der Waals surface area (Å²) in [5.74, 6) is -1.50. The van der Waals surface area contributed by atoms with Crippen LogP contribution in [0.5, 0.6) is 0 Å². The third-order valence-electron chi connectivity index (χ3n) is 4.31. The Morgan fingerprint density at radius 3 is 2.48 bits per heavy atom. The normalized spacial score (nSPS) is 23.4. The SMILES string of the molecule is O=C(c1cccc2ccsc12)C1CCC(C(F)(F)F)CC1. The fourth-order valence-electron chi connectivity index (χ4n) is 3.09. The Hall–Kier alpha value is -1.36. The van der Waals surface area contributed by atoms with Crippen LogP contribution in [0.25, 0.3) is 10.1 Å². The summed E-state index contributed by atoms with van der Waals surface area (Å²) in [7, 11) is 0. The van der Waals surface area contributed by atoms with E-state index < -0.39 is 12.1 Å². The van der Waals surface area contributed by atoms with Gasteiger partial charge in [-0.1, -0.05) is 12.1 Å². The standard InChI is InChI=1S/C16H15F3OS/c17-16(18,19)12-6-4-10(5-7-12)14(20)13-3-1-2-11-8-9-21-15(11)13/h1-3,8-10,12H,4-7H2. The lowest BCUT2D eigenvalue weighted by Crippen LogP contribution is -2.30. The Bertz CT molecular complexity index is 651. The highest BCUT2D eigenvalue weighted by molar-refractivity contribution is 7.17. The number of halogens is 3. The summed E-state index contributed by atoms with van der Waals surface area (Å²) >= 11 is 1.51. The summed E-state index contributed by atoms with van der Waals surface area (Å²) in [4.78, 5) is 12.6. The van der Waals surface area contributed by atoms with Crippen LogP contribution in [0.4, 0.5) is 13.2 Å². The van der Waals surface area contributed by atoms with Crippen molar-refractivity contribution >= 4 is 27.2 Å². The second-order valence-corrected chi connectivity index (χ2v) is 6.52. The minimum atomic E-state index is -4.12. The molecule has 5 heteroatoms. The van der Waals surface area contributed by atoms with E-state index in [1.54, 1.807) is 6.07 Å². The molecule has 1 aliphatic rings. The summed E-state index contributed by atoms with van der Waals surface area (Å²) in [6.45, 7) is 0.